The summed E-state index contributed by atoms with van der Waals surface area (Å²) in [7, 11) is 3.39. The van der Waals surface area contributed by atoms with Crippen molar-refractivity contribution in [3.63, 3.8) is 0 Å². The summed E-state index contributed by atoms with van der Waals surface area (Å²) in [6.07, 6.45) is 1.74. The molecule has 0 radical (unpaired) electrons. The van der Waals surface area contributed by atoms with Gasteiger partial charge in [0.15, 0.2) is 5.96 Å². The highest BCUT2D eigenvalue weighted by molar-refractivity contribution is 14.0. The number of halogens is 1. The van der Waals surface area contributed by atoms with E-state index in [0.717, 1.165) is 11.5 Å². The van der Waals surface area contributed by atoms with Gasteiger partial charge in [-0.3, -0.25) is 4.99 Å². The summed E-state index contributed by atoms with van der Waals surface area (Å²) in [5.74, 6) is 1.98. The van der Waals surface area contributed by atoms with Crippen LogP contribution >= 0.6 is 24.0 Å². The van der Waals surface area contributed by atoms with Crippen LogP contribution in [0.15, 0.2) is 23.3 Å². The Morgan fingerprint density at radius 3 is 2.65 bits per heavy atom. The number of aliphatic imine (C=N–C) groups is 1. The Morgan fingerprint density at radius 2 is 2.10 bits per heavy atom. The minimum absolute atomic E-state index is 0. The highest BCUT2D eigenvalue weighted by Crippen LogP contribution is 2.08. The van der Waals surface area contributed by atoms with Gasteiger partial charge in [0, 0.05) is 31.9 Å². The fourth-order valence-electron chi connectivity index (χ4n) is 1.43. The molecule has 6 heteroatoms. The van der Waals surface area contributed by atoms with E-state index in [1.165, 1.54) is 0 Å². The molecule has 0 aromatic carbocycles. The second-order valence-corrected chi connectivity index (χ2v) is 4.81. The standard InChI is InChI=1S/C14H24N4O.HI/c1-10(2)11(3)18-14(15-4)17-9-12-6-7-16-13(8-12)19-5;/h6-8,10-11H,9H2,1-5H3,(H2,15,17,18);1H. The number of ether oxygens (including phenoxy) is 1. The zero-order valence-electron chi connectivity index (χ0n) is 12.8. The highest BCUT2D eigenvalue weighted by Gasteiger charge is 2.08. The molecule has 2 N–H and O–H groups in total. The van der Waals surface area contributed by atoms with Gasteiger partial charge in [0.2, 0.25) is 5.88 Å². The van der Waals surface area contributed by atoms with Gasteiger partial charge in [-0.1, -0.05) is 13.8 Å². The van der Waals surface area contributed by atoms with Crippen LogP contribution in [0.4, 0.5) is 0 Å². The normalized spacial score (nSPS) is 12.6. The lowest BCUT2D eigenvalue weighted by atomic mass is 10.1. The molecule has 1 heterocycles. The first-order valence-electron chi connectivity index (χ1n) is 6.53. The molecule has 0 aliphatic heterocycles. The van der Waals surface area contributed by atoms with Crippen LogP contribution < -0.4 is 15.4 Å². The van der Waals surface area contributed by atoms with Gasteiger partial charge in [-0.2, -0.15) is 0 Å². The van der Waals surface area contributed by atoms with Crippen molar-refractivity contribution < 1.29 is 4.74 Å². The molecular weight excluding hydrogens is 367 g/mol. The summed E-state index contributed by atoms with van der Waals surface area (Å²) >= 11 is 0. The molecule has 0 aliphatic rings. The van der Waals surface area contributed by atoms with Crippen molar-refractivity contribution in [2.75, 3.05) is 14.2 Å². The molecule has 114 valence electrons. The number of hydrogen-bond donors (Lipinski definition) is 2. The molecule has 1 unspecified atom stereocenters. The lowest BCUT2D eigenvalue weighted by Gasteiger charge is -2.20. The van der Waals surface area contributed by atoms with Gasteiger partial charge >= 0.3 is 0 Å². The van der Waals surface area contributed by atoms with Crippen LogP contribution in [0.5, 0.6) is 5.88 Å². The van der Waals surface area contributed by atoms with E-state index in [1.54, 1.807) is 20.4 Å². The number of aromatic nitrogens is 1. The van der Waals surface area contributed by atoms with E-state index in [4.69, 9.17) is 4.74 Å². The van der Waals surface area contributed by atoms with Gasteiger partial charge in [0.05, 0.1) is 7.11 Å². The van der Waals surface area contributed by atoms with E-state index in [9.17, 15) is 0 Å². The van der Waals surface area contributed by atoms with Crippen LogP contribution in [0.25, 0.3) is 0 Å². The van der Waals surface area contributed by atoms with Crippen molar-refractivity contribution in [3.8, 4) is 5.88 Å². The number of methoxy groups -OCH3 is 1. The van der Waals surface area contributed by atoms with E-state index >= 15 is 0 Å². The van der Waals surface area contributed by atoms with E-state index in [-0.39, 0.29) is 24.0 Å². The van der Waals surface area contributed by atoms with E-state index in [2.05, 4.69) is 41.4 Å². The van der Waals surface area contributed by atoms with Gasteiger partial charge in [0.25, 0.3) is 0 Å². The molecule has 0 spiro atoms. The number of hydrogen-bond acceptors (Lipinski definition) is 3. The third-order valence-corrected chi connectivity index (χ3v) is 3.06. The molecule has 1 aromatic rings. The second kappa shape index (κ2) is 9.79. The van der Waals surface area contributed by atoms with Gasteiger partial charge in [-0.25, -0.2) is 4.98 Å². The molecule has 20 heavy (non-hydrogen) atoms. The fraction of sp³-hybridized carbons (Fsp3) is 0.571. The van der Waals surface area contributed by atoms with Crippen LogP contribution in [0.1, 0.15) is 26.3 Å². The smallest absolute Gasteiger partial charge is 0.213 e. The molecule has 0 amide bonds. The summed E-state index contributed by atoms with van der Waals surface area (Å²) < 4.78 is 5.10. The quantitative estimate of drug-likeness (QED) is 0.459. The first-order chi connectivity index (χ1) is 9.06. The summed E-state index contributed by atoms with van der Waals surface area (Å²) in [5.41, 5.74) is 1.10. The topological polar surface area (TPSA) is 58.5 Å². The second-order valence-electron chi connectivity index (χ2n) is 4.81. The molecule has 1 aromatic heterocycles. The predicted molar refractivity (Wildman–Crippen MR) is 93.8 cm³/mol. The van der Waals surface area contributed by atoms with E-state index in [1.807, 2.05) is 12.1 Å². The zero-order valence-corrected chi connectivity index (χ0v) is 15.1. The van der Waals surface area contributed by atoms with Crippen LogP contribution in [-0.4, -0.2) is 31.1 Å². The van der Waals surface area contributed by atoms with Crippen molar-refractivity contribution in [3.05, 3.63) is 23.9 Å². The van der Waals surface area contributed by atoms with Crippen LogP contribution in [0.2, 0.25) is 0 Å². The Balaban J connectivity index is 0.00000361. The molecule has 0 saturated carbocycles. The predicted octanol–water partition coefficient (Wildman–Crippen LogP) is 2.42. The number of guanidine groups is 1. The largest absolute Gasteiger partial charge is 0.481 e. The molecule has 0 bridgehead atoms. The average molecular weight is 392 g/mol. The van der Waals surface area contributed by atoms with Crippen LogP contribution in [0, 0.1) is 5.92 Å². The summed E-state index contributed by atoms with van der Waals surface area (Å²) in [6, 6.07) is 4.24. The Labute approximate surface area is 138 Å². The fourth-order valence-corrected chi connectivity index (χ4v) is 1.43. The van der Waals surface area contributed by atoms with Crippen molar-refractivity contribution in [1.29, 1.82) is 0 Å². The zero-order chi connectivity index (χ0) is 14.3. The van der Waals surface area contributed by atoms with Crippen molar-refractivity contribution in [2.24, 2.45) is 10.9 Å². The Bertz CT molecular complexity index is 423. The van der Waals surface area contributed by atoms with Crippen LogP contribution in [-0.2, 0) is 6.54 Å². The molecule has 0 aliphatic carbocycles. The van der Waals surface area contributed by atoms with E-state index in [0.29, 0.717) is 24.4 Å². The maximum Gasteiger partial charge on any atom is 0.213 e. The molecule has 5 nitrogen and oxygen atoms in total. The Kier molecular flexibility index (Phi) is 9.28. The van der Waals surface area contributed by atoms with Crippen LogP contribution in [0.3, 0.4) is 0 Å². The Morgan fingerprint density at radius 1 is 1.40 bits per heavy atom. The molecule has 1 atom stereocenters. The monoisotopic (exact) mass is 392 g/mol. The molecule has 0 saturated heterocycles. The number of pyridine rings is 1. The van der Waals surface area contributed by atoms with Gasteiger partial charge in [-0.05, 0) is 24.5 Å². The Hall–Kier alpha value is -1.05. The van der Waals surface area contributed by atoms with E-state index < -0.39 is 0 Å². The molecule has 0 fully saturated rings. The SMILES string of the molecule is CN=C(NCc1ccnc(OC)c1)NC(C)C(C)C.I. The number of rotatable bonds is 5. The highest BCUT2D eigenvalue weighted by atomic mass is 127. The first-order valence-corrected chi connectivity index (χ1v) is 6.53. The van der Waals surface area contributed by atoms with Crippen molar-refractivity contribution in [1.82, 2.24) is 15.6 Å². The third kappa shape index (κ3) is 6.40. The van der Waals surface area contributed by atoms with Crippen molar-refractivity contribution >= 4 is 29.9 Å². The summed E-state index contributed by atoms with van der Waals surface area (Å²) in [5, 5.41) is 6.64. The first kappa shape index (κ1) is 18.9. The lowest BCUT2D eigenvalue weighted by molar-refractivity contribution is 0.397. The van der Waals surface area contributed by atoms with Gasteiger partial charge in [-0.15, -0.1) is 24.0 Å². The number of nitrogens with zero attached hydrogens (tertiary/aromatic N) is 2. The van der Waals surface area contributed by atoms with Gasteiger partial charge < -0.3 is 15.4 Å². The minimum atomic E-state index is 0. The lowest BCUT2D eigenvalue weighted by Crippen LogP contribution is -2.43. The minimum Gasteiger partial charge on any atom is -0.481 e. The third-order valence-electron chi connectivity index (χ3n) is 3.06. The summed E-state index contributed by atoms with van der Waals surface area (Å²) in [6.45, 7) is 7.19. The number of nitrogens with one attached hydrogen (secondary N) is 2. The van der Waals surface area contributed by atoms with Gasteiger partial charge in [0.1, 0.15) is 0 Å². The molecular formula is C14H25IN4O. The maximum absolute atomic E-state index is 5.10. The molecule has 1 rings (SSSR count). The average Bonchev–Trinajstić information content (AvgIpc) is 2.43. The maximum atomic E-state index is 5.10. The summed E-state index contributed by atoms with van der Waals surface area (Å²) in [4.78, 5) is 8.30. The van der Waals surface area contributed by atoms with Crippen molar-refractivity contribution in [2.45, 2.75) is 33.4 Å².